The number of aromatic amines is 1. The molecule has 0 amide bonds. The first-order chi connectivity index (χ1) is 9.79. The van der Waals surface area contributed by atoms with Crippen molar-refractivity contribution >= 4 is 0 Å². The van der Waals surface area contributed by atoms with E-state index in [0.717, 1.165) is 34.0 Å². The topological polar surface area (TPSA) is 50.8 Å². The summed E-state index contributed by atoms with van der Waals surface area (Å²) in [7, 11) is 1.66. The molecule has 2 heterocycles. The van der Waals surface area contributed by atoms with Crippen LogP contribution >= 0.6 is 0 Å². The van der Waals surface area contributed by atoms with Gasteiger partial charge in [0.1, 0.15) is 11.4 Å². The number of rotatable bonds is 3. The van der Waals surface area contributed by atoms with Gasteiger partial charge in [-0.15, -0.1) is 0 Å². The van der Waals surface area contributed by atoms with E-state index >= 15 is 0 Å². The highest BCUT2D eigenvalue weighted by molar-refractivity contribution is 5.81. The minimum Gasteiger partial charge on any atom is -0.497 e. The molecule has 100 valence electrons. The van der Waals surface area contributed by atoms with Crippen molar-refractivity contribution in [3.05, 3.63) is 54.4 Å². The highest BCUT2D eigenvalue weighted by Gasteiger charge is 2.14. The Kier molecular flexibility index (Phi) is 3.21. The van der Waals surface area contributed by atoms with E-state index in [2.05, 4.69) is 15.2 Å². The lowest BCUT2D eigenvalue weighted by atomic mass is 10.0. The number of methoxy groups -OCH3 is 1. The van der Waals surface area contributed by atoms with Crippen molar-refractivity contribution < 1.29 is 4.74 Å². The van der Waals surface area contributed by atoms with Crippen molar-refractivity contribution in [3.63, 3.8) is 0 Å². The summed E-state index contributed by atoms with van der Waals surface area (Å²) in [6.07, 6.45) is 1.77. The number of aromatic nitrogens is 3. The smallest absolute Gasteiger partial charge is 0.119 e. The molecule has 4 nitrogen and oxygen atoms in total. The second-order valence-electron chi connectivity index (χ2n) is 4.52. The first-order valence-corrected chi connectivity index (χ1v) is 6.40. The second-order valence-corrected chi connectivity index (χ2v) is 4.52. The molecule has 4 heteroatoms. The summed E-state index contributed by atoms with van der Waals surface area (Å²) < 4.78 is 5.20. The average molecular weight is 265 g/mol. The molecule has 3 aromatic rings. The van der Waals surface area contributed by atoms with E-state index in [4.69, 9.17) is 4.74 Å². The summed E-state index contributed by atoms with van der Waals surface area (Å²) in [5.41, 5.74) is 4.93. The zero-order valence-corrected chi connectivity index (χ0v) is 11.4. The SMILES string of the molecule is COc1ccc(-c2c(-c3ccccn3)n[nH]c2C)cc1. The van der Waals surface area contributed by atoms with Crippen LogP contribution in [-0.2, 0) is 0 Å². The molecule has 0 aliphatic rings. The third-order valence-corrected chi connectivity index (χ3v) is 3.23. The Morgan fingerprint density at radius 2 is 1.85 bits per heavy atom. The number of aryl methyl sites for hydroxylation is 1. The van der Waals surface area contributed by atoms with Crippen LogP contribution in [0.25, 0.3) is 22.5 Å². The minimum absolute atomic E-state index is 0.842. The Labute approximate surface area is 117 Å². The van der Waals surface area contributed by atoms with Crippen LogP contribution in [0.2, 0.25) is 0 Å². The van der Waals surface area contributed by atoms with Gasteiger partial charge in [-0.1, -0.05) is 18.2 Å². The van der Waals surface area contributed by atoms with E-state index in [1.807, 2.05) is 49.4 Å². The van der Waals surface area contributed by atoms with Gasteiger partial charge in [0, 0.05) is 17.5 Å². The monoisotopic (exact) mass is 265 g/mol. The summed E-state index contributed by atoms with van der Waals surface area (Å²) in [4.78, 5) is 4.38. The van der Waals surface area contributed by atoms with E-state index < -0.39 is 0 Å². The molecule has 0 atom stereocenters. The predicted molar refractivity (Wildman–Crippen MR) is 78.5 cm³/mol. The standard InChI is InChI=1S/C16H15N3O/c1-11-15(12-6-8-13(20-2)9-7-12)16(19-18-11)14-5-3-4-10-17-14/h3-10H,1-2H3,(H,18,19). The van der Waals surface area contributed by atoms with E-state index in [-0.39, 0.29) is 0 Å². The van der Waals surface area contributed by atoms with Crippen LogP contribution in [0.4, 0.5) is 0 Å². The van der Waals surface area contributed by atoms with Crippen molar-refractivity contribution in [1.82, 2.24) is 15.2 Å². The minimum atomic E-state index is 0.842. The number of H-pyrrole nitrogens is 1. The normalized spacial score (nSPS) is 10.5. The van der Waals surface area contributed by atoms with Gasteiger partial charge in [0.15, 0.2) is 0 Å². The first kappa shape index (κ1) is 12.4. The maximum absolute atomic E-state index is 5.20. The van der Waals surface area contributed by atoms with Gasteiger partial charge in [-0.05, 0) is 36.8 Å². The van der Waals surface area contributed by atoms with Crippen LogP contribution in [0.5, 0.6) is 5.75 Å². The lowest BCUT2D eigenvalue weighted by molar-refractivity contribution is 0.415. The average Bonchev–Trinajstić information content (AvgIpc) is 2.90. The molecule has 0 unspecified atom stereocenters. The van der Waals surface area contributed by atoms with Gasteiger partial charge >= 0.3 is 0 Å². The predicted octanol–water partition coefficient (Wildman–Crippen LogP) is 3.46. The van der Waals surface area contributed by atoms with Crippen molar-refractivity contribution in [1.29, 1.82) is 0 Å². The van der Waals surface area contributed by atoms with Gasteiger partial charge < -0.3 is 4.74 Å². The highest BCUT2D eigenvalue weighted by atomic mass is 16.5. The summed E-state index contributed by atoms with van der Waals surface area (Å²) in [6, 6.07) is 13.8. The van der Waals surface area contributed by atoms with Crippen LogP contribution in [0.3, 0.4) is 0 Å². The molecule has 0 fully saturated rings. The molecule has 1 aromatic carbocycles. The molecule has 0 saturated heterocycles. The van der Waals surface area contributed by atoms with Gasteiger partial charge in [-0.2, -0.15) is 5.10 Å². The van der Waals surface area contributed by atoms with Crippen LogP contribution in [-0.4, -0.2) is 22.3 Å². The second kappa shape index (κ2) is 5.17. The third kappa shape index (κ3) is 2.16. The molecular weight excluding hydrogens is 250 g/mol. The van der Waals surface area contributed by atoms with Crippen LogP contribution < -0.4 is 4.74 Å². The molecule has 1 N–H and O–H groups in total. The summed E-state index contributed by atoms with van der Waals surface area (Å²) in [6.45, 7) is 2.01. The van der Waals surface area contributed by atoms with Crippen molar-refractivity contribution in [2.75, 3.05) is 7.11 Å². The molecular formula is C16H15N3O. The number of nitrogens with one attached hydrogen (secondary N) is 1. The number of benzene rings is 1. The van der Waals surface area contributed by atoms with E-state index in [1.54, 1.807) is 13.3 Å². The molecule has 0 spiro atoms. The van der Waals surface area contributed by atoms with Crippen LogP contribution in [0.1, 0.15) is 5.69 Å². The number of nitrogens with zero attached hydrogens (tertiary/aromatic N) is 2. The molecule has 20 heavy (non-hydrogen) atoms. The third-order valence-electron chi connectivity index (χ3n) is 3.23. The fourth-order valence-electron chi connectivity index (χ4n) is 2.23. The molecule has 0 aliphatic heterocycles. The largest absolute Gasteiger partial charge is 0.497 e. The number of hydrogen-bond acceptors (Lipinski definition) is 3. The quantitative estimate of drug-likeness (QED) is 0.789. The first-order valence-electron chi connectivity index (χ1n) is 6.40. The van der Waals surface area contributed by atoms with Gasteiger partial charge in [0.2, 0.25) is 0 Å². The Morgan fingerprint density at radius 1 is 1.05 bits per heavy atom. The highest BCUT2D eigenvalue weighted by Crippen LogP contribution is 2.32. The van der Waals surface area contributed by atoms with Crippen molar-refractivity contribution in [3.8, 4) is 28.3 Å². The van der Waals surface area contributed by atoms with Gasteiger partial charge in [-0.25, -0.2) is 0 Å². The zero-order valence-electron chi connectivity index (χ0n) is 11.4. The van der Waals surface area contributed by atoms with Crippen molar-refractivity contribution in [2.45, 2.75) is 6.92 Å². The van der Waals surface area contributed by atoms with E-state index in [0.29, 0.717) is 0 Å². The van der Waals surface area contributed by atoms with Gasteiger partial charge in [-0.3, -0.25) is 10.1 Å². The molecule has 0 aliphatic carbocycles. The Balaban J connectivity index is 2.11. The summed E-state index contributed by atoms with van der Waals surface area (Å²) in [5.74, 6) is 0.842. The van der Waals surface area contributed by atoms with E-state index in [1.165, 1.54) is 0 Å². The summed E-state index contributed by atoms with van der Waals surface area (Å²) >= 11 is 0. The molecule has 3 rings (SSSR count). The van der Waals surface area contributed by atoms with Crippen LogP contribution in [0, 0.1) is 6.92 Å². The van der Waals surface area contributed by atoms with E-state index in [9.17, 15) is 0 Å². The fourth-order valence-corrected chi connectivity index (χ4v) is 2.23. The fraction of sp³-hybridized carbons (Fsp3) is 0.125. The molecule has 2 aromatic heterocycles. The Morgan fingerprint density at radius 3 is 2.50 bits per heavy atom. The Hall–Kier alpha value is -2.62. The lowest BCUT2D eigenvalue weighted by Crippen LogP contribution is -1.87. The molecule has 0 saturated carbocycles. The maximum Gasteiger partial charge on any atom is 0.119 e. The maximum atomic E-state index is 5.20. The van der Waals surface area contributed by atoms with Gasteiger partial charge in [0.05, 0.1) is 12.8 Å². The lowest BCUT2D eigenvalue weighted by Gasteiger charge is -2.05. The number of pyridine rings is 1. The van der Waals surface area contributed by atoms with Crippen LogP contribution in [0.15, 0.2) is 48.7 Å². The molecule has 0 bridgehead atoms. The number of ether oxygens (including phenoxy) is 1. The number of hydrogen-bond donors (Lipinski definition) is 1. The Bertz CT molecular complexity index is 702. The van der Waals surface area contributed by atoms with Crippen molar-refractivity contribution in [2.24, 2.45) is 0 Å². The van der Waals surface area contributed by atoms with Gasteiger partial charge in [0.25, 0.3) is 0 Å². The molecule has 0 radical (unpaired) electrons. The summed E-state index contributed by atoms with van der Waals surface area (Å²) in [5, 5.41) is 7.43. The zero-order chi connectivity index (χ0) is 13.9.